The molecule has 7 heteroatoms. The van der Waals surface area contributed by atoms with Crippen LogP contribution in [-0.2, 0) is 0 Å². The number of halogens is 2. The summed E-state index contributed by atoms with van der Waals surface area (Å²) in [6, 6.07) is 3.95. The van der Waals surface area contributed by atoms with Crippen molar-refractivity contribution < 1.29 is 0 Å². The Labute approximate surface area is 121 Å². The molecule has 0 bridgehead atoms. The number of hydrogen-bond acceptors (Lipinski definition) is 5. The van der Waals surface area contributed by atoms with Crippen LogP contribution in [0.15, 0.2) is 18.3 Å². The van der Waals surface area contributed by atoms with Crippen molar-refractivity contribution in [1.29, 1.82) is 0 Å². The Morgan fingerprint density at radius 2 is 2.00 bits per heavy atom. The Bertz CT molecular complexity index is 312. The summed E-state index contributed by atoms with van der Waals surface area (Å²) in [4.78, 5) is 4.71. The zero-order valence-electron chi connectivity index (χ0n) is 10.4. The van der Waals surface area contributed by atoms with E-state index >= 15 is 0 Å². The maximum atomic E-state index is 5.58. The third kappa shape index (κ3) is 4.94. The fourth-order valence-electron chi connectivity index (χ4n) is 2.07. The average molecular weight is 294 g/mol. The van der Waals surface area contributed by atoms with Gasteiger partial charge in [0.05, 0.1) is 0 Å². The normalized spacial score (nSPS) is 16.4. The molecule has 0 unspecified atom stereocenters. The smallest absolute Gasteiger partial charge is 0.151 e. The van der Waals surface area contributed by atoms with Crippen LogP contribution in [-0.4, -0.2) is 54.4 Å². The summed E-state index contributed by atoms with van der Waals surface area (Å²) >= 11 is 0. The highest BCUT2D eigenvalue weighted by molar-refractivity contribution is 5.85. The lowest BCUT2D eigenvalue weighted by atomic mass is 10.3. The van der Waals surface area contributed by atoms with E-state index in [2.05, 4.69) is 20.0 Å². The molecule has 0 aromatic carbocycles. The van der Waals surface area contributed by atoms with Crippen LogP contribution < -0.4 is 10.6 Å². The highest BCUT2D eigenvalue weighted by Gasteiger charge is 2.15. The molecular formula is C11H21Cl2N5. The molecule has 2 heterocycles. The van der Waals surface area contributed by atoms with Gasteiger partial charge in [0.1, 0.15) is 0 Å². The van der Waals surface area contributed by atoms with E-state index in [0.717, 1.165) is 51.5 Å². The number of anilines is 1. The van der Waals surface area contributed by atoms with E-state index in [1.165, 1.54) is 0 Å². The van der Waals surface area contributed by atoms with Crippen molar-refractivity contribution in [2.24, 2.45) is 5.73 Å². The minimum absolute atomic E-state index is 0. The lowest BCUT2D eigenvalue weighted by Crippen LogP contribution is -2.34. The molecule has 2 rings (SSSR count). The first-order chi connectivity index (χ1) is 7.90. The van der Waals surface area contributed by atoms with E-state index in [1.807, 2.05) is 12.1 Å². The Balaban J connectivity index is 0.00000144. The largest absolute Gasteiger partial charge is 0.354 e. The van der Waals surface area contributed by atoms with Gasteiger partial charge in [0.25, 0.3) is 0 Å². The van der Waals surface area contributed by atoms with Gasteiger partial charge >= 0.3 is 0 Å². The standard InChI is InChI=1S/C11H19N5.2ClH/c12-4-8-15-6-2-7-16(10-9-15)11-3-1-5-13-14-11;;/h1,3,5H,2,4,6-10,12H2;2*1H. The Morgan fingerprint density at radius 1 is 1.17 bits per heavy atom. The van der Waals surface area contributed by atoms with Gasteiger partial charge in [-0.05, 0) is 25.1 Å². The number of rotatable bonds is 3. The van der Waals surface area contributed by atoms with E-state index in [4.69, 9.17) is 5.73 Å². The highest BCUT2D eigenvalue weighted by Crippen LogP contribution is 2.11. The molecule has 1 aromatic heterocycles. The second-order valence-electron chi connectivity index (χ2n) is 4.05. The maximum absolute atomic E-state index is 5.58. The third-order valence-corrected chi connectivity index (χ3v) is 2.92. The minimum Gasteiger partial charge on any atom is -0.354 e. The van der Waals surface area contributed by atoms with E-state index < -0.39 is 0 Å². The molecule has 18 heavy (non-hydrogen) atoms. The molecule has 1 aliphatic rings. The number of nitrogens with two attached hydrogens (primary N) is 1. The topological polar surface area (TPSA) is 58.3 Å². The number of hydrogen-bond donors (Lipinski definition) is 1. The molecule has 0 radical (unpaired) electrons. The molecule has 1 saturated heterocycles. The maximum Gasteiger partial charge on any atom is 0.151 e. The quantitative estimate of drug-likeness (QED) is 0.893. The molecule has 1 fully saturated rings. The molecule has 0 spiro atoms. The third-order valence-electron chi connectivity index (χ3n) is 2.92. The van der Waals surface area contributed by atoms with Crippen molar-refractivity contribution in [3.05, 3.63) is 18.3 Å². The minimum atomic E-state index is 0. The molecule has 104 valence electrons. The summed E-state index contributed by atoms with van der Waals surface area (Å²) in [6.07, 6.45) is 2.87. The highest BCUT2D eigenvalue weighted by atomic mass is 35.5. The van der Waals surface area contributed by atoms with E-state index in [9.17, 15) is 0 Å². The fraction of sp³-hybridized carbons (Fsp3) is 0.636. The van der Waals surface area contributed by atoms with Crippen molar-refractivity contribution in [2.45, 2.75) is 6.42 Å². The van der Waals surface area contributed by atoms with Crippen LogP contribution in [0.4, 0.5) is 5.82 Å². The van der Waals surface area contributed by atoms with E-state index in [-0.39, 0.29) is 24.8 Å². The van der Waals surface area contributed by atoms with Gasteiger partial charge in [-0.3, -0.25) is 0 Å². The van der Waals surface area contributed by atoms with Gasteiger partial charge in [-0.2, -0.15) is 5.10 Å². The predicted molar refractivity (Wildman–Crippen MR) is 78.9 cm³/mol. The van der Waals surface area contributed by atoms with Crippen LogP contribution in [0.25, 0.3) is 0 Å². The second-order valence-corrected chi connectivity index (χ2v) is 4.05. The molecule has 0 saturated carbocycles. The van der Waals surface area contributed by atoms with Crippen molar-refractivity contribution in [3.8, 4) is 0 Å². The van der Waals surface area contributed by atoms with Crippen LogP contribution >= 0.6 is 24.8 Å². The van der Waals surface area contributed by atoms with Crippen LogP contribution in [0.1, 0.15) is 6.42 Å². The monoisotopic (exact) mass is 293 g/mol. The zero-order valence-corrected chi connectivity index (χ0v) is 12.0. The van der Waals surface area contributed by atoms with Crippen molar-refractivity contribution in [2.75, 3.05) is 44.2 Å². The summed E-state index contributed by atoms with van der Waals surface area (Å²) in [7, 11) is 0. The van der Waals surface area contributed by atoms with Crippen LogP contribution in [0.2, 0.25) is 0 Å². The van der Waals surface area contributed by atoms with E-state index in [0.29, 0.717) is 0 Å². The summed E-state index contributed by atoms with van der Waals surface area (Å²) in [5.74, 6) is 0.983. The summed E-state index contributed by atoms with van der Waals surface area (Å²) in [6.45, 7) is 6.00. The van der Waals surface area contributed by atoms with Gasteiger partial charge in [-0.1, -0.05) is 0 Å². The number of aromatic nitrogens is 2. The average Bonchev–Trinajstić information content (AvgIpc) is 2.57. The van der Waals surface area contributed by atoms with Crippen LogP contribution in [0.3, 0.4) is 0 Å². The fourth-order valence-corrected chi connectivity index (χ4v) is 2.07. The molecular weight excluding hydrogens is 273 g/mol. The number of nitrogens with zero attached hydrogens (tertiary/aromatic N) is 4. The van der Waals surface area contributed by atoms with Gasteiger partial charge < -0.3 is 15.5 Å². The lowest BCUT2D eigenvalue weighted by Gasteiger charge is -2.21. The van der Waals surface area contributed by atoms with Crippen molar-refractivity contribution >= 4 is 30.6 Å². The second kappa shape index (κ2) is 9.33. The van der Waals surface area contributed by atoms with Crippen LogP contribution in [0.5, 0.6) is 0 Å². The summed E-state index contributed by atoms with van der Waals surface area (Å²) in [5.41, 5.74) is 5.58. The lowest BCUT2D eigenvalue weighted by molar-refractivity contribution is 0.302. The SMILES string of the molecule is Cl.Cl.NCCN1CCCN(c2cccnn2)CC1. The molecule has 5 nitrogen and oxygen atoms in total. The molecule has 0 amide bonds. The van der Waals surface area contributed by atoms with Crippen LogP contribution in [0, 0.1) is 0 Å². The van der Waals surface area contributed by atoms with Gasteiger partial charge in [0, 0.05) is 38.9 Å². The van der Waals surface area contributed by atoms with Gasteiger partial charge in [-0.15, -0.1) is 29.9 Å². The molecule has 0 aliphatic carbocycles. The summed E-state index contributed by atoms with van der Waals surface area (Å²) in [5, 5.41) is 8.07. The first-order valence-corrected chi connectivity index (χ1v) is 5.85. The van der Waals surface area contributed by atoms with Gasteiger partial charge in [0.2, 0.25) is 0 Å². The molecule has 1 aliphatic heterocycles. The molecule has 0 atom stereocenters. The van der Waals surface area contributed by atoms with Gasteiger partial charge in [-0.25, -0.2) is 0 Å². The summed E-state index contributed by atoms with van der Waals surface area (Å²) < 4.78 is 0. The van der Waals surface area contributed by atoms with E-state index in [1.54, 1.807) is 6.20 Å². The first-order valence-electron chi connectivity index (χ1n) is 5.85. The Kier molecular flexibility index (Phi) is 9.01. The van der Waals surface area contributed by atoms with Gasteiger partial charge in [0.15, 0.2) is 5.82 Å². The first kappa shape index (κ1) is 17.4. The van der Waals surface area contributed by atoms with Crippen molar-refractivity contribution in [1.82, 2.24) is 15.1 Å². The van der Waals surface area contributed by atoms with Crippen molar-refractivity contribution in [3.63, 3.8) is 0 Å². The molecule has 1 aromatic rings. The Morgan fingerprint density at radius 3 is 2.67 bits per heavy atom. The zero-order chi connectivity index (χ0) is 11.2. The molecule has 2 N–H and O–H groups in total. The Hall–Kier alpha value is -0.620. The predicted octanol–water partition coefficient (Wildman–Crippen LogP) is 0.791.